The van der Waals surface area contributed by atoms with Gasteiger partial charge in [0.15, 0.2) is 0 Å². The predicted octanol–water partition coefficient (Wildman–Crippen LogP) is 5.02. The van der Waals surface area contributed by atoms with Crippen molar-refractivity contribution in [3.63, 3.8) is 0 Å². The van der Waals surface area contributed by atoms with Crippen molar-refractivity contribution in [2.24, 2.45) is 0 Å². The predicted molar refractivity (Wildman–Crippen MR) is 118 cm³/mol. The van der Waals surface area contributed by atoms with Crippen LogP contribution in [0.1, 0.15) is 50.2 Å². The van der Waals surface area contributed by atoms with Crippen LogP contribution < -0.4 is 9.64 Å². The number of carboxylic acids is 1. The highest BCUT2D eigenvalue weighted by Gasteiger charge is 2.35. The van der Waals surface area contributed by atoms with Crippen LogP contribution in [-0.2, 0) is 11.2 Å². The van der Waals surface area contributed by atoms with Gasteiger partial charge in [-0.2, -0.15) is 0 Å². The molecule has 30 heavy (non-hydrogen) atoms. The number of rotatable bonds is 7. The Morgan fingerprint density at radius 3 is 2.87 bits per heavy atom. The zero-order chi connectivity index (χ0) is 21.1. The Labute approximate surface area is 177 Å². The molecule has 5 nitrogen and oxygen atoms in total. The zero-order valence-corrected chi connectivity index (χ0v) is 17.4. The van der Waals surface area contributed by atoms with Gasteiger partial charge in [-0.25, -0.2) is 4.79 Å². The van der Waals surface area contributed by atoms with Gasteiger partial charge in [0.05, 0.1) is 11.8 Å². The zero-order valence-electron chi connectivity index (χ0n) is 17.4. The van der Waals surface area contributed by atoms with E-state index in [1.165, 1.54) is 11.6 Å². The Bertz CT molecular complexity index is 938. The third-order valence-corrected chi connectivity index (χ3v) is 6.09. The lowest BCUT2D eigenvalue weighted by molar-refractivity contribution is -0.131. The van der Waals surface area contributed by atoms with Crippen LogP contribution in [0.3, 0.4) is 0 Å². The molecule has 158 valence electrons. The molecule has 1 fully saturated rings. The largest absolute Gasteiger partial charge is 0.507 e. The Kier molecular flexibility index (Phi) is 5.98. The van der Waals surface area contributed by atoms with Crippen molar-refractivity contribution in [2.75, 3.05) is 11.4 Å². The van der Waals surface area contributed by atoms with Gasteiger partial charge in [-0.3, -0.25) is 0 Å². The number of hydrogen-bond donors (Lipinski definition) is 2. The number of phenolic OH excluding ortho intramolecular Hbond substituents is 1. The SMILES string of the molecule is C[C@H](CCCc1ccccc1)Oc1cc(O)c2c(c1)N1CCC[C@H]1CC2=CC(=O)O. The number of carbonyl (C=O) groups is 1. The fourth-order valence-corrected chi connectivity index (χ4v) is 4.74. The van der Waals surface area contributed by atoms with Gasteiger partial charge in [0.1, 0.15) is 11.5 Å². The highest BCUT2D eigenvalue weighted by Crippen LogP contribution is 2.47. The first kappa shape index (κ1) is 20.3. The van der Waals surface area contributed by atoms with E-state index in [0.29, 0.717) is 29.3 Å². The van der Waals surface area contributed by atoms with Gasteiger partial charge in [-0.05, 0) is 56.6 Å². The molecule has 0 aliphatic carbocycles. The first-order chi connectivity index (χ1) is 14.5. The highest BCUT2D eigenvalue weighted by molar-refractivity contribution is 5.95. The first-order valence-electron chi connectivity index (χ1n) is 10.8. The Morgan fingerprint density at radius 1 is 1.30 bits per heavy atom. The molecule has 2 heterocycles. The second-order valence-electron chi connectivity index (χ2n) is 8.34. The summed E-state index contributed by atoms with van der Waals surface area (Å²) in [6.45, 7) is 2.98. The van der Waals surface area contributed by atoms with Crippen LogP contribution in [0.25, 0.3) is 5.57 Å². The number of aliphatic carboxylic acids is 1. The van der Waals surface area contributed by atoms with E-state index in [-0.39, 0.29) is 11.9 Å². The van der Waals surface area contributed by atoms with E-state index < -0.39 is 5.97 Å². The van der Waals surface area contributed by atoms with E-state index in [4.69, 9.17) is 4.74 Å². The third-order valence-electron chi connectivity index (χ3n) is 6.09. The molecule has 0 radical (unpaired) electrons. The van der Waals surface area contributed by atoms with Crippen molar-refractivity contribution in [1.82, 2.24) is 0 Å². The van der Waals surface area contributed by atoms with E-state index in [9.17, 15) is 15.0 Å². The number of ether oxygens (including phenoxy) is 1. The maximum atomic E-state index is 11.3. The molecule has 2 atom stereocenters. The molecule has 0 saturated carbocycles. The molecule has 0 amide bonds. The molecule has 4 rings (SSSR count). The van der Waals surface area contributed by atoms with Crippen LogP contribution >= 0.6 is 0 Å². The summed E-state index contributed by atoms with van der Waals surface area (Å²) in [4.78, 5) is 13.6. The van der Waals surface area contributed by atoms with Gasteiger partial charge in [-0.1, -0.05) is 30.3 Å². The third kappa shape index (κ3) is 4.45. The second kappa shape index (κ2) is 8.82. The fourth-order valence-electron chi connectivity index (χ4n) is 4.74. The molecule has 0 unspecified atom stereocenters. The van der Waals surface area contributed by atoms with E-state index in [2.05, 4.69) is 36.1 Å². The van der Waals surface area contributed by atoms with E-state index >= 15 is 0 Å². The maximum absolute atomic E-state index is 11.3. The van der Waals surface area contributed by atoms with Crippen LogP contribution in [-0.4, -0.2) is 34.9 Å². The van der Waals surface area contributed by atoms with E-state index in [1.807, 2.05) is 12.1 Å². The van der Waals surface area contributed by atoms with E-state index in [1.54, 1.807) is 6.07 Å². The second-order valence-corrected chi connectivity index (χ2v) is 8.34. The number of carboxylic acid groups (broad SMARTS) is 1. The minimum Gasteiger partial charge on any atom is -0.507 e. The minimum absolute atomic E-state index is 0.0261. The van der Waals surface area contributed by atoms with Crippen LogP contribution in [0.2, 0.25) is 0 Å². The molecular formula is C25H29NO4. The molecule has 2 aromatic carbocycles. The highest BCUT2D eigenvalue weighted by atomic mass is 16.5. The topological polar surface area (TPSA) is 70.0 Å². The van der Waals surface area contributed by atoms with Gasteiger partial charge in [-0.15, -0.1) is 0 Å². The number of benzene rings is 2. The summed E-state index contributed by atoms with van der Waals surface area (Å²) in [6, 6.07) is 14.3. The Morgan fingerprint density at radius 2 is 2.10 bits per heavy atom. The summed E-state index contributed by atoms with van der Waals surface area (Å²) in [5.41, 5.74) is 3.55. The average molecular weight is 408 g/mol. The Hall–Kier alpha value is -2.95. The monoisotopic (exact) mass is 407 g/mol. The van der Waals surface area contributed by atoms with Crippen molar-refractivity contribution in [3.05, 3.63) is 59.7 Å². The summed E-state index contributed by atoms with van der Waals surface area (Å²) in [6.07, 6.45) is 7.00. The number of aromatic hydroxyl groups is 1. The molecule has 2 N–H and O–H groups in total. The first-order valence-corrected chi connectivity index (χ1v) is 10.8. The van der Waals surface area contributed by atoms with Gasteiger partial charge in [0.25, 0.3) is 0 Å². The summed E-state index contributed by atoms with van der Waals surface area (Å²) >= 11 is 0. The van der Waals surface area contributed by atoms with Crippen LogP contribution in [0, 0.1) is 0 Å². The molecule has 0 spiro atoms. The van der Waals surface area contributed by atoms with Crippen molar-refractivity contribution >= 4 is 17.2 Å². The minimum atomic E-state index is -0.978. The molecule has 1 saturated heterocycles. The van der Waals surface area contributed by atoms with Crippen LogP contribution in [0.15, 0.2) is 48.5 Å². The summed E-state index contributed by atoms with van der Waals surface area (Å²) in [5, 5.41) is 20.0. The number of fused-ring (bicyclic) bond motifs is 3. The molecule has 2 aromatic rings. The van der Waals surface area contributed by atoms with Crippen LogP contribution in [0.5, 0.6) is 11.5 Å². The molecule has 0 aromatic heterocycles. The number of aryl methyl sites for hydroxylation is 1. The lowest BCUT2D eigenvalue weighted by atomic mass is 9.90. The van der Waals surface area contributed by atoms with Gasteiger partial charge in [0, 0.05) is 36.4 Å². The number of anilines is 1. The van der Waals surface area contributed by atoms with Crippen molar-refractivity contribution < 1.29 is 19.7 Å². The fraction of sp³-hybridized carbons (Fsp3) is 0.400. The molecule has 2 aliphatic rings. The molecule has 5 heteroatoms. The normalized spacial score (nSPS) is 20.0. The molecule has 2 aliphatic heterocycles. The number of hydrogen-bond acceptors (Lipinski definition) is 4. The maximum Gasteiger partial charge on any atom is 0.328 e. The lowest BCUT2D eigenvalue weighted by Crippen LogP contribution is -2.33. The van der Waals surface area contributed by atoms with Gasteiger partial charge < -0.3 is 19.8 Å². The number of nitrogens with zero attached hydrogens (tertiary/aromatic N) is 1. The Balaban J connectivity index is 1.49. The summed E-state index contributed by atoms with van der Waals surface area (Å²) in [5.74, 6) is -0.244. The van der Waals surface area contributed by atoms with Crippen LogP contribution in [0.4, 0.5) is 5.69 Å². The smallest absolute Gasteiger partial charge is 0.328 e. The lowest BCUT2D eigenvalue weighted by Gasteiger charge is -2.35. The summed E-state index contributed by atoms with van der Waals surface area (Å²) < 4.78 is 6.14. The quantitative estimate of drug-likeness (QED) is 0.631. The van der Waals surface area contributed by atoms with Crippen molar-refractivity contribution in [1.29, 1.82) is 0 Å². The summed E-state index contributed by atoms with van der Waals surface area (Å²) in [7, 11) is 0. The van der Waals surface area contributed by atoms with E-state index in [0.717, 1.165) is 44.3 Å². The molecular weight excluding hydrogens is 378 g/mol. The standard InChI is InChI=1S/C25H29NO4/c1-17(7-5-10-18-8-3-2-4-9-18)30-21-15-22-25(23(27)16-21)19(14-24(28)29)13-20-11-6-12-26(20)22/h2-4,8-9,14-17,20,27H,5-7,10-13H2,1H3,(H,28,29)/t17-,20+/m1/s1. The van der Waals surface area contributed by atoms with Crippen molar-refractivity contribution in [3.8, 4) is 11.5 Å². The average Bonchev–Trinajstić information content (AvgIpc) is 3.17. The number of phenols is 1. The van der Waals surface area contributed by atoms with Crippen molar-refractivity contribution in [2.45, 2.75) is 57.6 Å². The van der Waals surface area contributed by atoms with Gasteiger partial charge in [0.2, 0.25) is 0 Å². The van der Waals surface area contributed by atoms with Gasteiger partial charge >= 0.3 is 5.97 Å². The molecule has 0 bridgehead atoms.